The molecule has 0 radical (unpaired) electrons. The Morgan fingerprint density at radius 3 is 1.48 bits per heavy atom. The number of rotatable bonds is 32. The topological polar surface area (TPSA) is 55.8 Å². The quantitative estimate of drug-likeness (QED) is 0.0441. The number of methoxy groups -OCH3 is 1. The van der Waals surface area contributed by atoms with Gasteiger partial charge in [-0.3, -0.25) is 9.59 Å². The van der Waals surface area contributed by atoms with E-state index in [0.717, 1.165) is 38.6 Å². The van der Waals surface area contributed by atoms with Gasteiger partial charge in [0.05, 0.1) is 7.11 Å². The molecule has 0 bridgehead atoms. The molecule has 0 heterocycles. The van der Waals surface area contributed by atoms with Crippen LogP contribution in [0.25, 0.3) is 0 Å². The Bertz CT molecular complexity index is 619. The molecule has 1 unspecified atom stereocenters. The fourth-order valence-electron chi connectivity index (χ4n) is 5.47. The molecule has 1 atom stereocenters. The third-order valence-electron chi connectivity index (χ3n) is 8.21. The molecule has 5 heteroatoms. The molecule has 0 aliphatic carbocycles. The third kappa shape index (κ3) is 31.6. The van der Waals surface area contributed by atoms with Crippen LogP contribution in [0.5, 0.6) is 0 Å². The highest BCUT2D eigenvalue weighted by Crippen LogP contribution is 2.18. The number of unbranched alkanes of at least 4 members (excludes halogenated alkanes) is 19. The van der Waals surface area contributed by atoms with Gasteiger partial charge >= 0.3 is 11.9 Å². The number of carbonyl (C=O) groups excluding carboxylic acids is 2. The maximum atomic E-state index is 12.4. The third-order valence-corrected chi connectivity index (χ3v) is 8.21. The van der Waals surface area contributed by atoms with E-state index < -0.39 is 0 Å². The highest BCUT2D eigenvalue weighted by Gasteiger charge is 2.14. The first-order valence-electron chi connectivity index (χ1n) is 18.1. The summed E-state index contributed by atoms with van der Waals surface area (Å²) < 4.78 is 10.6. The van der Waals surface area contributed by atoms with E-state index in [0.29, 0.717) is 12.8 Å². The van der Waals surface area contributed by atoms with Crippen LogP contribution in [0.4, 0.5) is 0 Å². The van der Waals surface area contributed by atoms with Crippen molar-refractivity contribution in [1.29, 1.82) is 0 Å². The standard InChI is InChI=1S/C37H71NO4/c1-5-6-7-8-20-23-26-30-35(42-37(40)33-29-34-38(2)3)31-27-24-21-18-16-14-12-10-9-11-13-15-17-19-22-25-28-32-36(39)41-4/h11,13,35H,5-10,12,14-34H2,1-4H3. The Balaban J connectivity index is 3.78. The second-order valence-corrected chi connectivity index (χ2v) is 12.7. The van der Waals surface area contributed by atoms with Gasteiger partial charge in [-0.1, -0.05) is 115 Å². The summed E-state index contributed by atoms with van der Waals surface area (Å²) in [5.74, 6) is -0.0815. The molecule has 0 aliphatic heterocycles. The number of allylic oxidation sites excluding steroid dienone is 2. The lowest BCUT2D eigenvalue weighted by atomic mass is 10.0. The molecular weight excluding hydrogens is 522 g/mol. The summed E-state index contributed by atoms with van der Waals surface area (Å²) in [4.78, 5) is 25.6. The lowest BCUT2D eigenvalue weighted by molar-refractivity contribution is -0.150. The first-order chi connectivity index (χ1) is 20.5. The second kappa shape index (κ2) is 32.6. The largest absolute Gasteiger partial charge is 0.469 e. The minimum absolute atomic E-state index is 0.00344. The van der Waals surface area contributed by atoms with Crippen LogP contribution in [-0.2, 0) is 19.1 Å². The van der Waals surface area contributed by atoms with Crippen molar-refractivity contribution < 1.29 is 19.1 Å². The molecule has 0 amide bonds. The predicted molar refractivity (Wildman–Crippen MR) is 180 cm³/mol. The zero-order valence-corrected chi connectivity index (χ0v) is 28.6. The van der Waals surface area contributed by atoms with Crippen molar-refractivity contribution in [2.75, 3.05) is 27.7 Å². The first-order valence-corrected chi connectivity index (χ1v) is 18.1. The molecule has 0 saturated heterocycles. The van der Waals surface area contributed by atoms with Gasteiger partial charge in [0.1, 0.15) is 6.10 Å². The lowest BCUT2D eigenvalue weighted by Crippen LogP contribution is -2.20. The van der Waals surface area contributed by atoms with Gasteiger partial charge in [-0.2, -0.15) is 0 Å². The van der Waals surface area contributed by atoms with Crippen molar-refractivity contribution in [1.82, 2.24) is 4.90 Å². The number of ether oxygens (including phenoxy) is 2. The van der Waals surface area contributed by atoms with Crippen LogP contribution in [0.15, 0.2) is 12.2 Å². The minimum atomic E-state index is -0.0849. The summed E-state index contributed by atoms with van der Waals surface area (Å²) >= 11 is 0. The van der Waals surface area contributed by atoms with E-state index in [2.05, 4.69) is 42.8 Å². The number of hydrogen-bond acceptors (Lipinski definition) is 5. The zero-order chi connectivity index (χ0) is 30.9. The molecule has 0 fully saturated rings. The van der Waals surface area contributed by atoms with Crippen molar-refractivity contribution in [2.45, 2.75) is 186 Å². The Kier molecular flexibility index (Phi) is 31.5. The normalized spacial score (nSPS) is 12.3. The van der Waals surface area contributed by atoms with Crippen molar-refractivity contribution >= 4 is 11.9 Å². The fourth-order valence-corrected chi connectivity index (χ4v) is 5.47. The average Bonchev–Trinajstić information content (AvgIpc) is 2.97. The Morgan fingerprint density at radius 2 is 1.00 bits per heavy atom. The van der Waals surface area contributed by atoms with E-state index in [1.165, 1.54) is 136 Å². The van der Waals surface area contributed by atoms with Crippen LogP contribution >= 0.6 is 0 Å². The van der Waals surface area contributed by atoms with Gasteiger partial charge in [0.25, 0.3) is 0 Å². The monoisotopic (exact) mass is 594 g/mol. The van der Waals surface area contributed by atoms with Crippen molar-refractivity contribution in [3.8, 4) is 0 Å². The van der Waals surface area contributed by atoms with Crippen LogP contribution in [-0.4, -0.2) is 50.7 Å². The van der Waals surface area contributed by atoms with E-state index in [9.17, 15) is 9.59 Å². The van der Waals surface area contributed by atoms with Gasteiger partial charge in [0.15, 0.2) is 0 Å². The Morgan fingerprint density at radius 1 is 0.571 bits per heavy atom. The molecule has 0 aliphatic rings. The molecule has 0 aromatic heterocycles. The molecule has 42 heavy (non-hydrogen) atoms. The number of hydrogen-bond donors (Lipinski definition) is 0. The molecule has 0 rings (SSSR count). The van der Waals surface area contributed by atoms with E-state index in [4.69, 9.17) is 4.74 Å². The fraction of sp³-hybridized carbons (Fsp3) is 0.892. The Labute approximate surface area is 261 Å². The van der Waals surface area contributed by atoms with Crippen molar-refractivity contribution in [3.63, 3.8) is 0 Å². The highest BCUT2D eigenvalue weighted by molar-refractivity contribution is 5.69. The van der Waals surface area contributed by atoms with Crippen LogP contribution < -0.4 is 0 Å². The van der Waals surface area contributed by atoms with Gasteiger partial charge in [-0.05, 0) is 84.8 Å². The molecular formula is C37H71NO4. The highest BCUT2D eigenvalue weighted by atomic mass is 16.5. The van der Waals surface area contributed by atoms with Gasteiger partial charge in [0, 0.05) is 12.8 Å². The predicted octanol–water partition coefficient (Wildman–Crippen LogP) is 10.7. The average molecular weight is 594 g/mol. The van der Waals surface area contributed by atoms with Gasteiger partial charge in [-0.25, -0.2) is 0 Å². The van der Waals surface area contributed by atoms with Gasteiger partial charge in [-0.15, -0.1) is 0 Å². The van der Waals surface area contributed by atoms with Crippen molar-refractivity contribution in [2.24, 2.45) is 0 Å². The summed E-state index contributed by atoms with van der Waals surface area (Å²) in [6.07, 6.45) is 36.7. The summed E-state index contributed by atoms with van der Waals surface area (Å²) in [7, 11) is 5.57. The minimum Gasteiger partial charge on any atom is -0.469 e. The first kappa shape index (κ1) is 40.6. The summed E-state index contributed by atoms with van der Waals surface area (Å²) in [5, 5.41) is 0. The Hall–Kier alpha value is -1.36. The molecule has 248 valence electrons. The molecule has 0 saturated carbocycles. The summed E-state index contributed by atoms with van der Waals surface area (Å²) in [5.41, 5.74) is 0. The van der Waals surface area contributed by atoms with Gasteiger partial charge < -0.3 is 14.4 Å². The zero-order valence-electron chi connectivity index (χ0n) is 28.6. The molecule has 0 aromatic rings. The summed E-state index contributed by atoms with van der Waals surface area (Å²) in [6.45, 7) is 3.21. The van der Waals surface area contributed by atoms with Crippen LogP contribution in [0.1, 0.15) is 180 Å². The van der Waals surface area contributed by atoms with Crippen LogP contribution in [0.2, 0.25) is 0 Å². The number of carbonyl (C=O) groups is 2. The van der Waals surface area contributed by atoms with Gasteiger partial charge in [0.2, 0.25) is 0 Å². The summed E-state index contributed by atoms with van der Waals surface area (Å²) in [6, 6.07) is 0. The molecule has 0 aromatic carbocycles. The van der Waals surface area contributed by atoms with E-state index >= 15 is 0 Å². The van der Waals surface area contributed by atoms with Crippen molar-refractivity contribution in [3.05, 3.63) is 12.2 Å². The smallest absolute Gasteiger partial charge is 0.306 e. The van der Waals surface area contributed by atoms with E-state index in [-0.39, 0.29) is 18.0 Å². The molecule has 0 N–H and O–H groups in total. The number of esters is 2. The maximum absolute atomic E-state index is 12.4. The van der Waals surface area contributed by atoms with E-state index in [1.807, 2.05) is 0 Å². The second-order valence-electron chi connectivity index (χ2n) is 12.7. The lowest BCUT2D eigenvalue weighted by Gasteiger charge is -2.18. The maximum Gasteiger partial charge on any atom is 0.306 e. The molecule has 5 nitrogen and oxygen atoms in total. The SMILES string of the molecule is CCCCCCCCCC(CCCCCCCCCCC=CCCCCCCCC(=O)OC)OC(=O)CCCN(C)C. The number of nitrogens with zero attached hydrogens (tertiary/aromatic N) is 1. The van der Waals surface area contributed by atoms with Crippen LogP contribution in [0, 0.1) is 0 Å². The van der Waals surface area contributed by atoms with Crippen LogP contribution in [0.3, 0.4) is 0 Å². The molecule has 0 spiro atoms. The van der Waals surface area contributed by atoms with E-state index in [1.54, 1.807) is 0 Å².